The maximum absolute atomic E-state index is 4.56. The van der Waals surface area contributed by atoms with Crippen LogP contribution in [0.1, 0.15) is 68.1 Å². The monoisotopic (exact) mass is 280 g/mol. The molecule has 1 aromatic heterocycles. The highest BCUT2D eigenvalue weighted by molar-refractivity contribution is 7.11. The molecule has 3 atom stereocenters. The number of hydrogen-bond acceptors (Lipinski definition) is 3. The Morgan fingerprint density at radius 2 is 1.84 bits per heavy atom. The largest absolute Gasteiger partial charge is 0.306 e. The zero-order valence-electron chi connectivity index (χ0n) is 13.0. The molecule has 0 aromatic carbocycles. The molecule has 2 nitrogen and oxygen atoms in total. The van der Waals surface area contributed by atoms with Crippen molar-refractivity contribution in [3.63, 3.8) is 0 Å². The number of aromatic nitrogens is 1. The summed E-state index contributed by atoms with van der Waals surface area (Å²) in [6.45, 7) is 11.3. The van der Waals surface area contributed by atoms with Crippen LogP contribution in [0.15, 0.2) is 0 Å². The van der Waals surface area contributed by atoms with Gasteiger partial charge in [-0.05, 0) is 45.4 Å². The van der Waals surface area contributed by atoms with E-state index in [0.717, 1.165) is 11.8 Å². The van der Waals surface area contributed by atoms with E-state index in [1.54, 1.807) is 0 Å². The molecular weight excluding hydrogens is 252 g/mol. The van der Waals surface area contributed by atoms with E-state index >= 15 is 0 Å². The second-order valence-corrected chi connectivity index (χ2v) is 7.60. The molecule has 0 radical (unpaired) electrons. The van der Waals surface area contributed by atoms with Gasteiger partial charge in [-0.1, -0.05) is 26.7 Å². The minimum atomic E-state index is 0.440. The van der Waals surface area contributed by atoms with Crippen molar-refractivity contribution in [3.05, 3.63) is 15.6 Å². The minimum absolute atomic E-state index is 0.440. The molecule has 108 valence electrons. The third kappa shape index (κ3) is 3.57. The Morgan fingerprint density at radius 1 is 1.16 bits per heavy atom. The third-order valence-corrected chi connectivity index (χ3v) is 5.73. The molecule has 1 heterocycles. The summed E-state index contributed by atoms with van der Waals surface area (Å²) < 4.78 is 0. The summed E-state index contributed by atoms with van der Waals surface area (Å²) in [5.74, 6) is 1.62. The first-order valence-electron chi connectivity index (χ1n) is 7.69. The summed E-state index contributed by atoms with van der Waals surface area (Å²) in [5.41, 5.74) is 1.21. The van der Waals surface area contributed by atoms with Crippen LogP contribution in [0.5, 0.6) is 0 Å². The average molecular weight is 280 g/mol. The van der Waals surface area contributed by atoms with Gasteiger partial charge >= 0.3 is 0 Å². The summed E-state index contributed by atoms with van der Waals surface area (Å²) in [6.07, 6.45) is 5.52. The molecule has 0 bridgehead atoms. The van der Waals surface area contributed by atoms with Crippen molar-refractivity contribution >= 4 is 11.3 Å². The van der Waals surface area contributed by atoms with Crippen molar-refractivity contribution in [2.24, 2.45) is 11.8 Å². The van der Waals surface area contributed by atoms with E-state index in [1.807, 2.05) is 11.3 Å². The lowest BCUT2D eigenvalue weighted by atomic mass is 9.77. The van der Waals surface area contributed by atoms with E-state index in [-0.39, 0.29) is 0 Å². The summed E-state index contributed by atoms with van der Waals surface area (Å²) in [4.78, 5) is 5.98. The van der Waals surface area contributed by atoms with Crippen molar-refractivity contribution in [1.29, 1.82) is 0 Å². The maximum atomic E-state index is 4.56. The van der Waals surface area contributed by atoms with Crippen molar-refractivity contribution in [2.45, 2.75) is 72.4 Å². The van der Waals surface area contributed by atoms with Crippen LogP contribution in [0.3, 0.4) is 0 Å². The topological polar surface area (TPSA) is 24.9 Å². The van der Waals surface area contributed by atoms with Crippen LogP contribution in [0.25, 0.3) is 0 Å². The van der Waals surface area contributed by atoms with Gasteiger partial charge in [0.15, 0.2) is 0 Å². The Balaban J connectivity index is 2.04. The van der Waals surface area contributed by atoms with Crippen molar-refractivity contribution in [3.8, 4) is 0 Å². The van der Waals surface area contributed by atoms with Crippen LogP contribution < -0.4 is 5.32 Å². The van der Waals surface area contributed by atoms with E-state index in [2.05, 4.69) is 44.9 Å². The Labute approximate surface area is 122 Å². The van der Waals surface area contributed by atoms with Gasteiger partial charge in [0.25, 0.3) is 0 Å². The van der Waals surface area contributed by atoms with E-state index in [1.165, 1.54) is 41.3 Å². The number of nitrogens with one attached hydrogen (secondary N) is 1. The predicted molar refractivity (Wildman–Crippen MR) is 83.7 cm³/mol. The SMILES string of the molecule is Cc1nc(C)c(C(C)NC2CCCCC2C(C)C)s1. The highest BCUT2D eigenvalue weighted by atomic mass is 32.1. The number of hydrogen-bond donors (Lipinski definition) is 1. The minimum Gasteiger partial charge on any atom is -0.306 e. The van der Waals surface area contributed by atoms with Gasteiger partial charge in [0.2, 0.25) is 0 Å². The summed E-state index contributed by atoms with van der Waals surface area (Å²) >= 11 is 1.85. The van der Waals surface area contributed by atoms with Crippen molar-refractivity contribution < 1.29 is 0 Å². The molecular formula is C16H28N2S. The first-order chi connectivity index (χ1) is 8.99. The van der Waals surface area contributed by atoms with Crippen LogP contribution in [0.2, 0.25) is 0 Å². The fourth-order valence-electron chi connectivity index (χ4n) is 3.51. The summed E-state index contributed by atoms with van der Waals surface area (Å²) in [7, 11) is 0. The Kier molecular flexibility index (Phi) is 5.02. The second kappa shape index (κ2) is 6.36. The van der Waals surface area contributed by atoms with E-state index in [0.29, 0.717) is 12.1 Å². The molecule has 0 amide bonds. The second-order valence-electron chi connectivity index (χ2n) is 6.37. The molecule has 0 aliphatic heterocycles. The van der Waals surface area contributed by atoms with Gasteiger partial charge < -0.3 is 5.32 Å². The Hall–Kier alpha value is -0.410. The highest BCUT2D eigenvalue weighted by Gasteiger charge is 2.29. The van der Waals surface area contributed by atoms with Gasteiger partial charge in [0.1, 0.15) is 0 Å². The molecule has 1 aliphatic rings. The van der Waals surface area contributed by atoms with Gasteiger partial charge in [-0.2, -0.15) is 0 Å². The van der Waals surface area contributed by atoms with E-state index < -0.39 is 0 Å². The molecule has 1 N–H and O–H groups in total. The van der Waals surface area contributed by atoms with Gasteiger partial charge in [0, 0.05) is 17.0 Å². The van der Waals surface area contributed by atoms with Crippen LogP contribution >= 0.6 is 11.3 Å². The van der Waals surface area contributed by atoms with Gasteiger partial charge in [-0.3, -0.25) is 0 Å². The first kappa shape index (κ1) is 15.0. The molecule has 19 heavy (non-hydrogen) atoms. The third-order valence-electron chi connectivity index (χ3n) is 4.47. The maximum Gasteiger partial charge on any atom is 0.0900 e. The quantitative estimate of drug-likeness (QED) is 0.870. The van der Waals surface area contributed by atoms with Crippen LogP contribution in [-0.2, 0) is 0 Å². The van der Waals surface area contributed by atoms with Gasteiger partial charge in [-0.15, -0.1) is 11.3 Å². The number of thiazole rings is 1. The van der Waals surface area contributed by atoms with Crippen LogP contribution in [0.4, 0.5) is 0 Å². The Bertz CT molecular complexity index is 411. The van der Waals surface area contributed by atoms with E-state index in [4.69, 9.17) is 0 Å². The normalized spacial score (nSPS) is 25.8. The molecule has 1 fully saturated rings. The Morgan fingerprint density at radius 3 is 2.42 bits per heavy atom. The van der Waals surface area contributed by atoms with E-state index in [9.17, 15) is 0 Å². The van der Waals surface area contributed by atoms with Gasteiger partial charge in [-0.25, -0.2) is 4.98 Å². The number of rotatable bonds is 4. The fourth-order valence-corrected chi connectivity index (χ4v) is 4.45. The fraction of sp³-hybridized carbons (Fsp3) is 0.812. The van der Waals surface area contributed by atoms with Gasteiger partial charge in [0.05, 0.1) is 10.7 Å². The molecule has 3 heteroatoms. The molecule has 2 rings (SSSR count). The summed E-state index contributed by atoms with van der Waals surface area (Å²) in [5, 5.41) is 5.08. The predicted octanol–water partition coefficient (Wildman–Crippen LogP) is 4.63. The number of aryl methyl sites for hydroxylation is 2. The zero-order valence-corrected chi connectivity index (χ0v) is 13.8. The molecule has 1 saturated carbocycles. The van der Waals surface area contributed by atoms with Crippen LogP contribution in [0, 0.1) is 25.7 Å². The number of nitrogens with zero attached hydrogens (tertiary/aromatic N) is 1. The first-order valence-corrected chi connectivity index (χ1v) is 8.50. The average Bonchev–Trinajstić information content (AvgIpc) is 2.69. The van der Waals surface area contributed by atoms with Crippen LogP contribution in [-0.4, -0.2) is 11.0 Å². The zero-order chi connectivity index (χ0) is 14.0. The lowest BCUT2D eigenvalue weighted by molar-refractivity contribution is 0.195. The lowest BCUT2D eigenvalue weighted by Gasteiger charge is -2.36. The molecule has 3 unspecified atom stereocenters. The summed E-state index contributed by atoms with van der Waals surface area (Å²) in [6, 6.07) is 1.13. The van der Waals surface area contributed by atoms with Crippen molar-refractivity contribution in [2.75, 3.05) is 0 Å². The molecule has 1 aromatic rings. The molecule has 0 saturated heterocycles. The smallest absolute Gasteiger partial charge is 0.0900 e. The van der Waals surface area contributed by atoms with Crippen molar-refractivity contribution in [1.82, 2.24) is 10.3 Å². The standard InChI is InChI=1S/C16H28N2S/c1-10(2)14-8-6-7-9-15(14)18-12(4)16-11(3)17-13(5)19-16/h10,12,14-15,18H,6-9H2,1-5H3. The molecule has 0 spiro atoms. The highest BCUT2D eigenvalue weighted by Crippen LogP contribution is 2.33. The lowest BCUT2D eigenvalue weighted by Crippen LogP contribution is -2.41. The molecule has 1 aliphatic carbocycles.